The van der Waals surface area contributed by atoms with Crippen molar-refractivity contribution in [3.05, 3.63) is 0 Å². The number of carboxylic acids is 1. The molecule has 0 spiro atoms. The van der Waals surface area contributed by atoms with Crippen LogP contribution in [0.2, 0.25) is 0 Å². The largest absolute Gasteiger partial charge is 0.479 e. The van der Waals surface area contributed by atoms with Crippen molar-refractivity contribution in [1.29, 1.82) is 0 Å². The first-order valence-electron chi connectivity index (χ1n) is 3.46. The number of rotatable bonds is 4. The first-order chi connectivity index (χ1) is 4.57. The van der Waals surface area contributed by atoms with Gasteiger partial charge in [-0.25, -0.2) is 4.79 Å². The van der Waals surface area contributed by atoms with Crippen LogP contribution in [0.4, 0.5) is 0 Å². The molecule has 0 aromatic carbocycles. The Morgan fingerprint density at radius 3 is 2.20 bits per heavy atom. The maximum atomic E-state index is 10.3. The highest BCUT2D eigenvalue weighted by Gasteiger charge is 2.15. The van der Waals surface area contributed by atoms with E-state index in [0.29, 0.717) is 6.42 Å². The van der Waals surface area contributed by atoms with Gasteiger partial charge in [-0.2, -0.15) is 0 Å². The van der Waals surface area contributed by atoms with E-state index in [9.17, 15) is 4.79 Å². The molecule has 0 saturated carbocycles. The van der Waals surface area contributed by atoms with Gasteiger partial charge in [0.1, 0.15) is 0 Å². The lowest BCUT2D eigenvalue weighted by Crippen LogP contribution is -2.25. The average molecular weight is 146 g/mol. The summed E-state index contributed by atoms with van der Waals surface area (Å²) in [6, 6.07) is 0. The van der Waals surface area contributed by atoms with Crippen LogP contribution < -0.4 is 0 Å². The van der Waals surface area contributed by atoms with E-state index >= 15 is 0 Å². The van der Waals surface area contributed by atoms with Gasteiger partial charge in [-0.1, -0.05) is 6.92 Å². The van der Waals surface area contributed by atoms with E-state index in [-0.39, 0.29) is 6.10 Å². The van der Waals surface area contributed by atoms with Crippen LogP contribution in [-0.4, -0.2) is 23.3 Å². The molecular weight excluding hydrogens is 132 g/mol. The van der Waals surface area contributed by atoms with E-state index < -0.39 is 12.1 Å². The van der Waals surface area contributed by atoms with Gasteiger partial charge in [0.25, 0.3) is 0 Å². The SMILES string of the molecule is CCC(OC(C)C)C(=O)O. The van der Waals surface area contributed by atoms with E-state index in [0.717, 1.165) is 0 Å². The standard InChI is InChI=1S/C7H14O3/c1-4-6(7(8)9)10-5(2)3/h5-6H,4H2,1-3H3,(H,8,9). The Balaban J connectivity index is 3.72. The van der Waals surface area contributed by atoms with Crippen molar-refractivity contribution in [3.63, 3.8) is 0 Å². The predicted molar refractivity (Wildman–Crippen MR) is 37.9 cm³/mol. The lowest BCUT2D eigenvalue weighted by Gasteiger charge is -2.13. The molecule has 0 aliphatic heterocycles. The molecular formula is C7H14O3. The van der Waals surface area contributed by atoms with E-state index in [2.05, 4.69) is 0 Å². The Morgan fingerprint density at radius 1 is 1.60 bits per heavy atom. The molecule has 0 saturated heterocycles. The topological polar surface area (TPSA) is 46.5 Å². The summed E-state index contributed by atoms with van der Waals surface area (Å²) in [7, 11) is 0. The molecule has 0 aliphatic rings. The molecule has 0 aromatic heterocycles. The minimum absolute atomic E-state index is 0.0129. The van der Waals surface area contributed by atoms with Gasteiger partial charge in [0, 0.05) is 0 Å². The van der Waals surface area contributed by atoms with Crippen LogP contribution >= 0.6 is 0 Å². The third-order valence-corrected chi connectivity index (χ3v) is 1.08. The van der Waals surface area contributed by atoms with Gasteiger partial charge >= 0.3 is 5.97 Å². The average Bonchev–Trinajstić information content (AvgIpc) is 1.81. The minimum atomic E-state index is -0.879. The van der Waals surface area contributed by atoms with E-state index in [1.54, 1.807) is 6.92 Å². The second-order valence-corrected chi connectivity index (χ2v) is 2.42. The zero-order chi connectivity index (χ0) is 8.15. The second kappa shape index (κ2) is 4.28. The third-order valence-electron chi connectivity index (χ3n) is 1.08. The van der Waals surface area contributed by atoms with Crippen LogP contribution in [0.25, 0.3) is 0 Å². The van der Waals surface area contributed by atoms with Crippen molar-refractivity contribution < 1.29 is 14.6 Å². The number of hydrogen-bond acceptors (Lipinski definition) is 2. The zero-order valence-electron chi connectivity index (χ0n) is 6.63. The van der Waals surface area contributed by atoms with Crippen molar-refractivity contribution in [2.45, 2.75) is 39.4 Å². The Morgan fingerprint density at radius 2 is 2.10 bits per heavy atom. The summed E-state index contributed by atoms with van der Waals surface area (Å²) in [5.74, 6) is -0.879. The number of carbonyl (C=O) groups is 1. The van der Waals surface area contributed by atoms with Crippen molar-refractivity contribution in [2.75, 3.05) is 0 Å². The molecule has 0 bridgehead atoms. The molecule has 0 aromatic rings. The van der Waals surface area contributed by atoms with Gasteiger partial charge in [-0.05, 0) is 20.3 Å². The quantitative estimate of drug-likeness (QED) is 0.649. The van der Waals surface area contributed by atoms with E-state index in [1.165, 1.54) is 0 Å². The molecule has 1 N–H and O–H groups in total. The Labute approximate surface area is 61.0 Å². The molecule has 0 aliphatic carbocycles. The van der Waals surface area contributed by atoms with Gasteiger partial charge in [0.05, 0.1) is 6.10 Å². The van der Waals surface area contributed by atoms with Crippen LogP contribution in [0.15, 0.2) is 0 Å². The first-order valence-corrected chi connectivity index (χ1v) is 3.46. The maximum Gasteiger partial charge on any atom is 0.332 e. The lowest BCUT2D eigenvalue weighted by atomic mass is 10.3. The van der Waals surface area contributed by atoms with Gasteiger partial charge in [0.15, 0.2) is 6.10 Å². The molecule has 1 unspecified atom stereocenters. The smallest absolute Gasteiger partial charge is 0.332 e. The normalized spacial score (nSPS) is 13.6. The van der Waals surface area contributed by atoms with Crippen LogP contribution in [0.1, 0.15) is 27.2 Å². The number of ether oxygens (including phenoxy) is 1. The highest BCUT2D eigenvalue weighted by atomic mass is 16.5. The molecule has 0 heterocycles. The molecule has 10 heavy (non-hydrogen) atoms. The monoisotopic (exact) mass is 146 g/mol. The van der Waals surface area contributed by atoms with Crippen molar-refractivity contribution in [3.8, 4) is 0 Å². The summed E-state index contributed by atoms with van der Waals surface area (Å²) < 4.78 is 5.06. The summed E-state index contributed by atoms with van der Waals surface area (Å²) >= 11 is 0. The first kappa shape index (κ1) is 9.43. The van der Waals surface area contributed by atoms with Crippen LogP contribution in [0, 0.1) is 0 Å². The number of aliphatic carboxylic acids is 1. The second-order valence-electron chi connectivity index (χ2n) is 2.42. The fourth-order valence-electron chi connectivity index (χ4n) is 0.658. The number of carboxylic acid groups (broad SMARTS) is 1. The molecule has 3 nitrogen and oxygen atoms in total. The highest BCUT2D eigenvalue weighted by Crippen LogP contribution is 2.01. The fraction of sp³-hybridized carbons (Fsp3) is 0.857. The van der Waals surface area contributed by atoms with Crippen molar-refractivity contribution >= 4 is 5.97 Å². The predicted octanol–water partition coefficient (Wildman–Crippen LogP) is 1.27. The summed E-state index contributed by atoms with van der Waals surface area (Å²) in [6.07, 6.45) is -0.130. The van der Waals surface area contributed by atoms with E-state index in [4.69, 9.17) is 9.84 Å². The van der Waals surface area contributed by atoms with Crippen LogP contribution in [0.5, 0.6) is 0 Å². The molecule has 0 amide bonds. The summed E-state index contributed by atoms with van der Waals surface area (Å²) in [4.78, 5) is 10.3. The lowest BCUT2D eigenvalue weighted by molar-refractivity contribution is -0.153. The van der Waals surface area contributed by atoms with Gasteiger partial charge < -0.3 is 9.84 Å². The summed E-state index contributed by atoms with van der Waals surface area (Å²) in [5, 5.41) is 8.50. The van der Waals surface area contributed by atoms with Crippen LogP contribution in [0.3, 0.4) is 0 Å². The molecule has 0 fully saturated rings. The molecule has 0 radical (unpaired) electrons. The molecule has 0 rings (SSSR count). The Kier molecular flexibility index (Phi) is 4.03. The zero-order valence-corrected chi connectivity index (χ0v) is 6.63. The Hall–Kier alpha value is -0.570. The molecule has 1 atom stereocenters. The summed E-state index contributed by atoms with van der Waals surface area (Å²) in [6.45, 7) is 5.44. The minimum Gasteiger partial charge on any atom is -0.479 e. The highest BCUT2D eigenvalue weighted by molar-refractivity contribution is 5.72. The van der Waals surface area contributed by atoms with Crippen LogP contribution in [-0.2, 0) is 9.53 Å². The van der Waals surface area contributed by atoms with Gasteiger partial charge in [-0.15, -0.1) is 0 Å². The maximum absolute atomic E-state index is 10.3. The third kappa shape index (κ3) is 3.45. The summed E-state index contributed by atoms with van der Waals surface area (Å²) in [5.41, 5.74) is 0. The number of hydrogen-bond donors (Lipinski definition) is 1. The van der Waals surface area contributed by atoms with Crippen molar-refractivity contribution in [1.82, 2.24) is 0 Å². The molecule has 60 valence electrons. The Bertz CT molecular complexity index is 109. The van der Waals surface area contributed by atoms with Gasteiger partial charge in [-0.3, -0.25) is 0 Å². The van der Waals surface area contributed by atoms with E-state index in [1.807, 2.05) is 13.8 Å². The van der Waals surface area contributed by atoms with Crippen molar-refractivity contribution in [2.24, 2.45) is 0 Å². The fourth-order valence-corrected chi connectivity index (χ4v) is 0.658. The molecule has 3 heteroatoms. The van der Waals surface area contributed by atoms with Gasteiger partial charge in [0.2, 0.25) is 0 Å².